The molecule has 9 heteroatoms. The second-order valence-corrected chi connectivity index (χ2v) is 5.26. The highest BCUT2D eigenvalue weighted by atomic mass is 79.9. The maximum atomic E-state index is 12.3. The summed E-state index contributed by atoms with van der Waals surface area (Å²) in [5, 5.41) is 2.23. The van der Waals surface area contributed by atoms with Crippen LogP contribution in [0.15, 0.2) is 41.0 Å². The summed E-state index contributed by atoms with van der Waals surface area (Å²) in [6, 6.07) is 6.57. The molecule has 0 fully saturated rings. The first-order valence-corrected chi connectivity index (χ1v) is 6.90. The third-order valence-electron chi connectivity index (χ3n) is 2.41. The van der Waals surface area contributed by atoms with Gasteiger partial charge in [-0.1, -0.05) is 23.7 Å². The van der Waals surface area contributed by atoms with Crippen LogP contribution < -0.4 is 10.1 Å². The summed E-state index contributed by atoms with van der Waals surface area (Å²) >= 11 is 8.93. The van der Waals surface area contributed by atoms with Crippen LogP contribution in [0.5, 0.6) is 5.75 Å². The summed E-state index contributed by atoms with van der Waals surface area (Å²) in [5.74, 6) is -1.24. The van der Waals surface area contributed by atoms with Gasteiger partial charge in [-0.25, -0.2) is 4.98 Å². The van der Waals surface area contributed by atoms with Crippen molar-refractivity contribution in [3.63, 3.8) is 0 Å². The van der Waals surface area contributed by atoms with E-state index in [2.05, 4.69) is 31.0 Å². The lowest BCUT2D eigenvalue weighted by molar-refractivity contribution is -0.274. The van der Waals surface area contributed by atoms with Gasteiger partial charge in [0, 0.05) is 10.7 Å². The Morgan fingerprint density at radius 2 is 2.00 bits per heavy atom. The van der Waals surface area contributed by atoms with E-state index >= 15 is 0 Å². The number of halogens is 5. The van der Waals surface area contributed by atoms with E-state index in [4.69, 9.17) is 11.6 Å². The standard InChI is InChI=1S/C13H7BrClF3N2O2/c14-7-5-8(11(15)19-6-7)12(21)20-9-3-1-2-4-10(9)22-13(16,17)18/h1-6H,(H,20,21). The molecular weight excluding hydrogens is 389 g/mol. The molecular formula is C13H7BrClF3N2O2. The van der Waals surface area contributed by atoms with Crippen LogP contribution in [0.25, 0.3) is 0 Å². The zero-order chi connectivity index (χ0) is 16.3. The number of hydrogen-bond donors (Lipinski definition) is 1. The second-order valence-electron chi connectivity index (χ2n) is 3.99. The molecule has 0 unspecified atom stereocenters. The first-order valence-electron chi connectivity index (χ1n) is 5.73. The van der Waals surface area contributed by atoms with Crippen LogP contribution in [0.1, 0.15) is 10.4 Å². The predicted octanol–water partition coefficient (Wildman–Crippen LogP) is 4.65. The van der Waals surface area contributed by atoms with Crippen molar-refractivity contribution in [2.24, 2.45) is 0 Å². The zero-order valence-electron chi connectivity index (χ0n) is 10.6. The van der Waals surface area contributed by atoms with Crippen LogP contribution in [-0.4, -0.2) is 17.3 Å². The first kappa shape index (κ1) is 16.6. The van der Waals surface area contributed by atoms with Crippen molar-refractivity contribution in [3.8, 4) is 5.75 Å². The van der Waals surface area contributed by atoms with Gasteiger partial charge in [0.25, 0.3) is 5.91 Å². The Kier molecular flexibility index (Phi) is 4.92. The molecule has 116 valence electrons. The number of hydrogen-bond acceptors (Lipinski definition) is 3. The molecule has 0 atom stereocenters. The average molecular weight is 396 g/mol. The summed E-state index contributed by atoms with van der Waals surface area (Å²) in [4.78, 5) is 15.9. The molecule has 2 rings (SSSR count). The third-order valence-corrected chi connectivity index (χ3v) is 3.15. The number of pyridine rings is 1. The Hall–Kier alpha value is -1.80. The molecule has 0 aliphatic rings. The lowest BCUT2D eigenvalue weighted by atomic mass is 10.2. The van der Waals surface area contributed by atoms with E-state index in [-0.39, 0.29) is 16.4 Å². The Morgan fingerprint density at radius 1 is 1.32 bits per heavy atom. The normalized spacial score (nSPS) is 11.1. The smallest absolute Gasteiger partial charge is 0.404 e. The van der Waals surface area contributed by atoms with E-state index < -0.39 is 18.0 Å². The number of rotatable bonds is 3. The minimum atomic E-state index is -4.87. The number of carbonyl (C=O) groups excluding carboxylic acids is 1. The molecule has 0 bridgehead atoms. The molecule has 0 aliphatic carbocycles. The molecule has 1 amide bonds. The van der Waals surface area contributed by atoms with Crippen LogP contribution in [0.3, 0.4) is 0 Å². The van der Waals surface area contributed by atoms with Crippen molar-refractivity contribution >= 4 is 39.1 Å². The van der Waals surface area contributed by atoms with Gasteiger partial charge in [0.05, 0.1) is 11.3 Å². The molecule has 4 nitrogen and oxygen atoms in total. The van der Waals surface area contributed by atoms with Crippen LogP contribution in [0.2, 0.25) is 5.15 Å². The molecule has 0 spiro atoms. The lowest BCUT2D eigenvalue weighted by Crippen LogP contribution is -2.19. The SMILES string of the molecule is O=C(Nc1ccccc1OC(F)(F)F)c1cc(Br)cnc1Cl. The molecule has 0 radical (unpaired) electrons. The summed E-state index contributed by atoms with van der Waals surface area (Å²) in [5.41, 5.74) is -0.126. The first-order chi connectivity index (χ1) is 10.3. The van der Waals surface area contributed by atoms with Crippen molar-refractivity contribution in [2.45, 2.75) is 6.36 Å². The quantitative estimate of drug-likeness (QED) is 0.770. The monoisotopic (exact) mass is 394 g/mol. The summed E-state index contributed by atoms with van der Waals surface area (Å²) < 4.78 is 41.3. The van der Waals surface area contributed by atoms with Crippen molar-refractivity contribution in [1.29, 1.82) is 0 Å². The van der Waals surface area contributed by atoms with Gasteiger partial charge in [0.1, 0.15) is 5.15 Å². The molecule has 0 saturated heterocycles. The van der Waals surface area contributed by atoms with Crippen LogP contribution in [-0.2, 0) is 0 Å². The molecule has 1 N–H and O–H groups in total. The highest BCUT2D eigenvalue weighted by Crippen LogP contribution is 2.30. The van der Waals surface area contributed by atoms with Crippen LogP contribution >= 0.6 is 27.5 Å². The maximum absolute atomic E-state index is 12.3. The number of ether oxygens (including phenoxy) is 1. The predicted molar refractivity (Wildman–Crippen MR) is 78.0 cm³/mol. The number of alkyl halides is 3. The summed E-state index contributed by atoms with van der Waals surface area (Å²) in [7, 11) is 0. The fraction of sp³-hybridized carbons (Fsp3) is 0.0769. The van der Waals surface area contributed by atoms with Crippen molar-refractivity contribution < 1.29 is 22.7 Å². The number of amides is 1. The highest BCUT2D eigenvalue weighted by molar-refractivity contribution is 9.10. The zero-order valence-corrected chi connectivity index (χ0v) is 13.0. The minimum absolute atomic E-state index is 0.0119. The molecule has 1 aromatic carbocycles. The molecule has 0 aliphatic heterocycles. The molecule has 22 heavy (non-hydrogen) atoms. The number of carbonyl (C=O) groups is 1. The second kappa shape index (κ2) is 6.53. The number of nitrogens with one attached hydrogen (secondary N) is 1. The van der Waals surface area contributed by atoms with Gasteiger partial charge in [-0.2, -0.15) is 0 Å². The third kappa shape index (κ3) is 4.35. The molecule has 1 heterocycles. The Balaban J connectivity index is 2.27. The highest BCUT2D eigenvalue weighted by Gasteiger charge is 2.32. The van der Waals surface area contributed by atoms with E-state index in [1.807, 2.05) is 0 Å². The van der Waals surface area contributed by atoms with E-state index in [9.17, 15) is 18.0 Å². The maximum Gasteiger partial charge on any atom is 0.573 e. The van der Waals surface area contributed by atoms with Gasteiger partial charge in [0.15, 0.2) is 5.75 Å². The average Bonchev–Trinajstić information content (AvgIpc) is 2.42. The minimum Gasteiger partial charge on any atom is -0.404 e. The lowest BCUT2D eigenvalue weighted by Gasteiger charge is -2.14. The van der Waals surface area contributed by atoms with E-state index in [1.54, 1.807) is 0 Å². The number of para-hydroxylation sites is 2. The van der Waals surface area contributed by atoms with Crippen LogP contribution in [0.4, 0.5) is 18.9 Å². The summed E-state index contributed by atoms with van der Waals surface area (Å²) in [6.07, 6.45) is -3.48. The van der Waals surface area contributed by atoms with Gasteiger partial charge in [-0.05, 0) is 34.1 Å². The van der Waals surface area contributed by atoms with E-state index in [0.717, 1.165) is 6.07 Å². The number of anilines is 1. The Bertz CT molecular complexity index is 710. The number of benzene rings is 1. The largest absolute Gasteiger partial charge is 0.573 e. The molecule has 0 saturated carbocycles. The van der Waals surface area contributed by atoms with E-state index in [0.29, 0.717) is 4.47 Å². The van der Waals surface area contributed by atoms with Gasteiger partial charge in [-0.3, -0.25) is 4.79 Å². The molecule has 1 aromatic heterocycles. The van der Waals surface area contributed by atoms with Gasteiger partial charge in [-0.15, -0.1) is 13.2 Å². The fourth-order valence-corrected chi connectivity index (χ4v) is 2.08. The van der Waals surface area contributed by atoms with Crippen LogP contribution in [0, 0.1) is 0 Å². The topological polar surface area (TPSA) is 51.2 Å². The number of nitrogens with zero attached hydrogens (tertiary/aromatic N) is 1. The van der Waals surface area contributed by atoms with Gasteiger partial charge in [0.2, 0.25) is 0 Å². The summed E-state index contributed by atoms with van der Waals surface area (Å²) in [6.45, 7) is 0. The van der Waals surface area contributed by atoms with Crippen molar-refractivity contribution in [2.75, 3.05) is 5.32 Å². The van der Waals surface area contributed by atoms with E-state index in [1.165, 1.54) is 30.5 Å². The van der Waals surface area contributed by atoms with Crippen molar-refractivity contribution in [1.82, 2.24) is 4.98 Å². The van der Waals surface area contributed by atoms with Gasteiger partial charge < -0.3 is 10.1 Å². The van der Waals surface area contributed by atoms with Crippen molar-refractivity contribution in [3.05, 3.63) is 51.7 Å². The molecule has 2 aromatic rings. The Labute approximate surface area is 136 Å². The van der Waals surface area contributed by atoms with Gasteiger partial charge >= 0.3 is 6.36 Å². The number of aromatic nitrogens is 1. The Morgan fingerprint density at radius 3 is 2.68 bits per heavy atom. The fourth-order valence-electron chi connectivity index (χ4n) is 1.56.